The lowest BCUT2D eigenvalue weighted by Gasteiger charge is -2.36. The molecule has 0 aliphatic heterocycles. The molecular weight excluding hydrogens is 260 g/mol. The molecule has 1 saturated carbocycles. The predicted molar refractivity (Wildman–Crippen MR) is 85.8 cm³/mol. The Morgan fingerprint density at radius 3 is 2.86 bits per heavy atom. The highest BCUT2D eigenvalue weighted by Crippen LogP contribution is 2.37. The zero-order chi connectivity index (χ0) is 15.2. The van der Waals surface area contributed by atoms with E-state index in [1.807, 2.05) is 18.2 Å². The lowest BCUT2D eigenvalue weighted by Crippen LogP contribution is -2.40. The van der Waals surface area contributed by atoms with Gasteiger partial charge < -0.3 is 5.32 Å². The van der Waals surface area contributed by atoms with Gasteiger partial charge in [0.15, 0.2) is 0 Å². The van der Waals surface area contributed by atoms with E-state index in [4.69, 9.17) is 0 Å². The van der Waals surface area contributed by atoms with Crippen LogP contribution in [0.5, 0.6) is 0 Å². The van der Waals surface area contributed by atoms with E-state index in [-0.39, 0.29) is 11.8 Å². The van der Waals surface area contributed by atoms with Crippen molar-refractivity contribution < 1.29 is 4.79 Å². The minimum absolute atomic E-state index is 0.192. The Kier molecular flexibility index (Phi) is 5.77. The maximum absolute atomic E-state index is 12.5. The fraction of sp³-hybridized carbons (Fsp3) is 0.667. The molecule has 0 bridgehead atoms. The van der Waals surface area contributed by atoms with Gasteiger partial charge in [0, 0.05) is 30.8 Å². The van der Waals surface area contributed by atoms with Crippen LogP contribution in [0, 0.1) is 23.7 Å². The lowest BCUT2D eigenvalue weighted by atomic mass is 9.70. The highest BCUT2D eigenvalue weighted by molar-refractivity contribution is 5.79. The second-order valence-electron chi connectivity index (χ2n) is 6.79. The summed E-state index contributed by atoms with van der Waals surface area (Å²) >= 11 is 0. The highest BCUT2D eigenvalue weighted by atomic mass is 16.1. The SMILES string of the molecule is CC(C)C1CC[C@@H](C)C[C@@H]1C(=O)NCCc1ccccn1. The summed E-state index contributed by atoms with van der Waals surface area (Å²) in [6.45, 7) is 7.44. The van der Waals surface area contributed by atoms with Crippen molar-refractivity contribution in [1.82, 2.24) is 10.3 Å². The van der Waals surface area contributed by atoms with Gasteiger partial charge in [-0.15, -0.1) is 0 Å². The minimum atomic E-state index is 0.192. The molecule has 0 saturated heterocycles. The molecule has 1 unspecified atom stereocenters. The third-order valence-electron chi connectivity index (χ3n) is 4.77. The van der Waals surface area contributed by atoms with E-state index >= 15 is 0 Å². The van der Waals surface area contributed by atoms with Crippen molar-refractivity contribution in [3.8, 4) is 0 Å². The molecule has 3 heteroatoms. The molecule has 1 aromatic rings. The molecule has 0 radical (unpaired) electrons. The van der Waals surface area contributed by atoms with Crippen LogP contribution < -0.4 is 5.32 Å². The van der Waals surface area contributed by atoms with E-state index in [1.54, 1.807) is 6.20 Å². The van der Waals surface area contributed by atoms with E-state index in [1.165, 1.54) is 12.8 Å². The van der Waals surface area contributed by atoms with Gasteiger partial charge in [0.1, 0.15) is 0 Å². The van der Waals surface area contributed by atoms with E-state index in [9.17, 15) is 4.79 Å². The molecule has 3 atom stereocenters. The summed E-state index contributed by atoms with van der Waals surface area (Å²) in [6.07, 6.45) is 6.10. The zero-order valence-corrected chi connectivity index (χ0v) is 13.5. The number of pyridine rings is 1. The van der Waals surface area contributed by atoms with Crippen LogP contribution in [-0.2, 0) is 11.2 Å². The number of hydrogen-bond donors (Lipinski definition) is 1. The summed E-state index contributed by atoms with van der Waals surface area (Å²) in [4.78, 5) is 16.8. The van der Waals surface area contributed by atoms with Gasteiger partial charge in [-0.1, -0.05) is 33.3 Å². The molecule has 2 rings (SSSR count). The van der Waals surface area contributed by atoms with E-state index < -0.39 is 0 Å². The third kappa shape index (κ3) is 4.55. The zero-order valence-electron chi connectivity index (χ0n) is 13.5. The minimum Gasteiger partial charge on any atom is -0.355 e. The highest BCUT2D eigenvalue weighted by Gasteiger charge is 2.35. The van der Waals surface area contributed by atoms with Gasteiger partial charge in [0.2, 0.25) is 5.91 Å². The molecule has 1 aliphatic rings. The number of aromatic nitrogens is 1. The smallest absolute Gasteiger partial charge is 0.223 e. The summed E-state index contributed by atoms with van der Waals surface area (Å²) in [6, 6.07) is 5.91. The van der Waals surface area contributed by atoms with Crippen LogP contribution in [-0.4, -0.2) is 17.4 Å². The van der Waals surface area contributed by atoms with Crippen molar-refractivity contribution >= 4 is 5.91 Å². The van der Waals surface area contributed by atoms with Crippen LogP contribution in [0.1, 0.15) is 45.7 Å². The summed E-state index contributed by atoms with van der Waals surface area (Å²) in [5.41, 5.74) is 1.04. The summed E-state index contributed by atoms with van der Waals surface area (Å²) in [5, 5.41) is 3.13. The molecular formula is C18H28N2O. The van der Waals surface area contributed by atoms with E-state index in [0.717, 1.165) is 18.5 Å². The first-order chi connectivity index (χ1) is 10.1. The predicted octanol–water partition coefficient (Wildman–Crippen LogP) is 3.45. The molecule has 1 aliphatic carbocycles. The summed E-state index contributed by atoms with van der Waals surface area (Å²) < 4.78 is 0. The van der Waals surface area contributed by atoms with Gasteiger partial charge in [-0.25, -0.2) is 0 Å². The van der Waals surface area contributed by atoms with Crippen molar-refractivity contribution in [3.05, 3.63) is 30.1 Å². The number of carbonyl (C=O) groups is 1. The summed E-state index contributed by atoms with van der Waals surface area (Å²) in [5.74, 6) is 2.24. The van der Waals surface area contributed by atoms with Crippen LogP contribution in [0.15, 0.2) is 24.4 Å². The topological polar surface area (TPSA) is 42.0 Å². The molecule has 1 fully saturated rings. The molecule has 1 amide bonds. The molecule has 1 heterocycles. The molecule has 3 nitrogen and oxygen atoms in total. The van der Waals surface area contributed by atoms with Gasteiger partial charge in [0.05, 0.1) is 0 Å². The summed E-state index contributed by atoms with van der Waals surface area (Å²) in [7, 11) is 0. The number of nitrogens with zero attached hydrogens (tertiary/aromatic N) is 1. The molecule has 116 valence electrons. The fourth-order valence-electron chi connectivity index (χ4n) is 3.49. The Morgan fingerprint density at radius 2 is 2.19 bits per heavy atom. The Hall–Kier alpha value is -1.38. The van der Waals surface area contributed by atoms with Crippen molar-refractivity contribution in [2.75, 3.05) is 6.54 Å². The van der Waals surface area contributed by atoms with Crippen molar-refractivity contribution in [1.29, 1.82) is 0 Å². The van der Waals surface area contributed by atoms with Crippen molar-refractivity contribution in [2.24, 2.45) is 23.7 Å². The number of hydrogen-bond acceptors (Lipinski definition) is 2. The molecule has 1 N–H and O–H groups in total. The standard InChI is InChI=1S/C18H28N2O/c1-13(2)16-8-7-14(3)12-17(16)18(21)20-11-9-15-6-4-5-10-19-15/h4-6,10,13-14,16-17H,7-9,11-12H2,1-3H3,(H,20,21)/t14-,16?,17+/m1/s1. The number of nitrogens with one attached hydrogen (secondary N) is 1. The lowest BCUT2D eigenvalue weighted by molar-refractivity contribution is -0.129. The molecule has 0 spiro atoms. The van der Waals surface area contributed by atoms with E-state index in [2.05, 4.69) is 31.1 Å². The Labute approximate surface area is 128 Å². The molecule has 1 aromatic heterocycles. The second kappa shape index (κ2) is 7.58. The first-order valence-electron chi connectivity index (χ1n) is 8.25. The first kappa shape index (κ1) is 16.0. The van der Waals surface area contributed by atoms with Gasteiger partial charge in [-0.2, -0.15) is 0 Å². The number of rotatable bonds is 5. The van der Waals surface area contributed by atoms with Gasteiger partial charge >= 0.3 is 0 Å². The van der Waals surface area contributed by atoms with E-state index in [0.29, 0.717) is 24.3 Å². The maximum Gasteiger partial charge on any atom is 0.223 e. The Balaban J connectivity index is 1.85. The Bertz CT molecular complexity index is 444. The second-order valence-corrected chi connectivity index (χ2v) is 6.79. The van der Waals surface area contributed by atoms with Gasteiger partial charge in [-0.05, 0) is 42.7 Å². The average Bonchev–Trinajstić information content (AvgIpc) is 2.47. The fourth-order valence-corrected chi connectivity index (χ4v) is 3.49. The van der Waals surface area contributed by atoms with Crippen LogP contribution in [0.3, 0.4) is 0 Å². The largest absolute Gasteiger partial charge is 0.355 e. The molecule has 21 heavy (non-hydrogen) atoms. The van der Waals surface area contributed by atoms with Crippen LogP contribution >= 0.6 is 0 Å². The third-order valence-corrected chi connectivity index (χ3v) is 4.77. The average molecular weight is 288 g/mol. The maximum atomic E-state index is 12.5. The van der Waals surface area contributed by atoms with Crippen LogP contribution in [0.2, 0.25) is 0 Å². The number of carbonyl (C=O) groups excluding carboxylic acids is 1. The van der Waals surface area contributed by atoms with Gasteiger partial charge in [0.25, 0.3) is 0 Å². The van der Waals surface area contributed by atoms with Crippen molar-refractivity contribution in [2.45, 2.75) is 46.5 Å². The van der Waals surface area contributed by atoms with Crippen molar-refractivity contribution in [3.63, 3.8) is 0 Å². The quantitative estimate of drug-likeness (QED) is 0.901. The molecule has 0 aromatic carbocycles. The van der Waals surface area contributed by atoms with Gasteiger partial charge in [-0.3, -0.25) is 9.78 Å². The van der Waals surface area contributed by atoms with Crippen LogP contribution in [0.25, 0.3) is 0 Å². The van der Waals surface area contributed by atoms with Crippen LogP contribution in [0.4, 0.5) is 0 Å². The first-order valence-corrected chi connectivity index (χ1v) is 8.25. The monoisotopic (exact) mass is 288 g/mol. The Morgan fingerprint density at radius 1 is 1.38 bits per heavy atom. The number of amides is 1. The normalized spacial score (nSPS) is 25.8.